The first-order chi connectivity index (χ1) is 4.27. The van der Waals surface area contributed by atoms with Crippen molar-refractivity contribution in [2.24, 2.45) is 0 Å². The van der Waals surface area contributed by atoms with E-state index < -0.39 is 0 Å². The minimum Gasteiger partial charge on any atom is -0.120 e. The zero-order valence-electron chi connectivity index (χ0n) is 7.17. The van der Waals surface area contributed by atoms with Gasteiger partial charge in [0.25, 0.3) is 0 Å². The van der Waals surface area contributed by atoms with Crippen molar-refractivity contribution in [3.05, 3.63) is 0 Å². The van der Waals surface area contributed by atoms with Crippen molar-refractivity contribution in [3.8, 4) is 0 Å². The van der Waals surface area contributed by atoms with Crippen LogP contribution >= 0.6 is 27.5 Å². The van der Waals surface area contributed by atoms with Gasteiger partial charge in [0.1, 0.15) is 0 Å². The Morgan fingerprint density at radius 2 is 1.70 bits per heavy atom. The van der Waals surface area contributed by atoms with Gasteiger partial charge in [0.2, 0.25) is 0 Å². The summed E-state index contributed by atoms with van der Waals surface area (Å²) in [5.74, 6) is 0. The number of rotatable bonds is 3. The lowest BCUT2D eigenvalue weighted by atomic mass is 9.96. The van der Waals surface area contributed by atoms with Crippen LogP contribution in [0.2, 0.25) is 0 Å². The van der Waals surface area contributed by atoms with Crippen LogP contribution in [-0.2, 0) is 0 Å². The average Bonchev–Trinajstić information content (AvgIpc) is 1.60. The third-order valence-electron chi connectivity index (χ3n) is 1.53. The maximum atomic E-state index is 6.18. The molecular formula is C8H16BrCl. The van der Waals surface area contributed by atoms with E-state index in [0.717, 1.165) is 12.8 Å². The van der Waals surface area contributed by atoms with Gasteiger partial charge in [-0.15, -0.1) is 11.6 Å². The Hall–Kier alpha value is 0.770. The molecule has 0 spiro atoms. The third-order valence-corrected chi connectivity index (χ3v) is 2.21. The van der Waals surface area contributed by atoms with Crippen molar-refractivity contribution in [1.29, 1.82) is 0 Å². The van der Waals surface area contributed by atoms with Crippen LogP contribution in [0, 0.1) is 0 Å². The van der Waals surface area contributed by atoms with E-state index in [-0.39, 0.29) is 9.20 Å². The molecule has 0 aromatic rings. The molecule has 0 aliphatic rings. The Balaban J connectivity index is 3.89. The Bertz CT molecular complexity index is 102. The average molecular weight is 228 g/mol. The normalized spacial score (nSPS) is 18.6. The van der Waals surface area contributed by atoms with E-state index >= 15 is 0 Å². The van der Waals surface area contributed by atoms with Crippen LogP contribution in [0.15, 0.2) is 0 Å². The van der Waals surface area contributed by atoms with Gasteiger partial charge >= 0.3 is 0 Å². The molecule has 0 aromatic carbocycles. The smallest absolute Gasteiger partial charge is 0.0429 e. The molecule has 1 atom stereocenters. The molecular weight excluding hydrogens is 211 g/mol. The second-order valence-electron chi connectivity index (χ2n) is 3.66. The monoisotopic (exact) mass is 226 g/mol. The molecule has 0 aliphatic carbocycles. The highest BCUT2D eigenvalue weighted by molar-refractivity contribution is 9.10. The summed E-state index contributed by atoms with van der Waals surface area (Å²) >= 11 is 9.75. The molecule has 0 N–H and O–H groups in total. The summed E-state index contributed by atoms with van der Waals surface area (Å²) in [5, 5.41) is 0. The Labute approximate surface area is 77.5 Å². The van der Waals surface area contributed by atoms with Gasteiger partial charge in [0.15, 0.2) is 0 Å². The number of hydrogen-bond donors (Lipinski definition) is 0. The first kappa shape index (κ1) is 10.8. The maximum absolute atomic E-state index is 6.18. The quantitative estimate of drug-likeness (QED) is 0.640. The van der Waals surface area contributed by atoms with Crippen molar-refractivity contribution < 1.29 is 0 Å². The molecule has 0 aromatic heterocycles. The predicted octanol–water partition coefficient (Wildman–Crippen LogP) is 3.96. The lowest BCUT2D eigenvalue weighted by molar-refractivity contribution is 0.495. The second kappa shape index (κ2) is 3.44. The van der Waals surface area contributed by atoms with Crippen LogP contribution in [0.3, 0.4) is 0 Å². The van der Waals surface area contributed by atoms with E-state index in [0.29, 0.717) is 0 Å². The molecule has 2 heteroatoms. The highest BCUT2D eigenvalue weighted by Gasteiger charge is 2.26. The third kappa shape index (κ3) is 5.55. The van der Waals surface area contributed by atoms with Crippen LogP contribution < -0.4 is 0 Å². The predicted molar refractivity (Wildman–Crippen MR) is 52.2 cm³/mol. The lowest BCUT2D eigenvalue weighted by Crippen LogP contribution is -2.25. The molecule has 0 heterocycles. The highest BCUT2D eigenvalue weighted by atomic mass is 79.9. The van der Waals surface area contributed by atoms with Crippen LogP contribution in [0.25, 0.3) is 0 Å². The van der Waals surface area contributed by atoms with Crippen molar-refractivity contribution in [1.82, 2.24) is 0 Å². The molecule has 0 saturated carbocycles. The fourth-order valence-corrected chi connectivity index (χ4v) is 2.12. The number of hydrogen-bond acceptors (Lipinski definition) is 0. The lowest BCUT2D eigenvalue weighted by Gasteiger charge is -2.27. The molecule has 0 saturated heterocycles. The Kier molecular flexibility index (Phi) is 3.71. The molecule has 0 amide bonds. The van der Waals surface area contributed by atoms with Gasteiger partial charge in [0.05, 0.1) is 0 Å². The van der Waals surface area contributed by atoms with Crippen LogP contribution in [-0.4, -0.2) is 9.20 Å². The Morgan fingerprint density at radius 3 is 1.80 bits per heavy atom. The zero-order chi connectivity index (χ0) is 8.41. The van der Waals surface area contributed by atoms with Gasteiger partial charge in [0, 0.05) is 9.20 Å². The maximum Gasteiger partial charge on any atom is 0.0429 e. The van der Waals surface area contributed by atoms with Gasteiger partial charge in [-0.2, -0.15) is 0 Å². The molecule has 0 bridgehead atoms. The fourth-order valence-electron chi connectivity index (χ4n) is 1.00. The topological polar surface area (TPSA) is 0 Å². The molecule has 10 heavy (non-hydrogen) atoms. The van der Waals surface area contributed by atoms with Crippen molar-refractivity contribution in [2.45, 2.75) is 49.7 Å². The molecule has 62 valence electrons. The van der Waals surface area contributed by atoms with Crippen LogP contribution in [0.1, 0.15) is 40.5 Å². The molecule has 1 unspecified atom stereocenters. The number of alkyl halides is 2. The Morgan fingerprint density at radius 1 is 1.30 bits per heavy atom. The van der Waals surface area contributed by atoms with Crippen LogP contribution in [0.4, 0.5) is 0 Å². The first-order valence-corrected chi connectivity index (χ1v) is 4.82. The summed E-state index contributed by atoms with van der Waals surface area (Å²) in [5.41, 5.74) is 0. The van der Waals surface area contributed by atoms with E-state index in [9.17, 15) is 0 Å². The highest BCUT2D eigenvalue weighted by Crippen LogP contribution is 2.33. The second-order valence-corrected chi connectivity index (χ2v) is 6.72. The molecule has 0 rings (SSSR count). The van der Waals surface area contributed by atoms with Gasteiger partial charge < -0.3 is 0 Å². The fraction of sp³-hybridized carbons (Fsp3) is 1.00. The molecule has 0 radical (unpaired) electrons. The molecule has 0 fully saturated rings. The van der Waals surface area contributed by atoms with E-state index in [2.05, 4.69) is 43.6 Å². The SMILES string of the molecule is CCC(C)(Cl)CC(C)(C)Br. The van der Waals surface area contributed by atoms with E-state index in [1.54, 1.807) is 0 Å². The van der Waals surface area contributed by atoms with Crippen molar-refractivity contribution in [3.63, 3.8) is 0 Å². The van der Waals surface area contributed by atoms with Gasteiger partial charge in [-0.3, -0.25) is 0 Å². The minimum atomic E-state index is -0.0486. The minimum absolute atomic E-state index is 0.0486. The largest absolute Gasteiger partial charge is 0.120 e. The molecule has 0 nitrogen and oxygen atoms in total. The summed E-state index contributed by atoms with van der Waals surface area (Å²) in [4.78, 5) is -0.0486. The first-order valence-electron chi connectivity index (χ1n) is 3.65. The molecule has 0 aliphatic heterocycles. The summed E-state index contributed by atoms with van der Waals surface area (Å²) in [6, 6.07) is 0. The van der Waals surface area contributed by atoms with Crippen molar-refractivity contribution in [2.75, 3.05) is 0 Å². The van der Waals surface area contributed by atoms with E-state index in [4.69, 9.17) is 11.6 Å². The number of halogens is 2. The summed E-state index contributed by atoms with van der Waals surface area (Å²) < 4.78 is 0.166. The van der Waals surface area contributed by atoms with E-state index in [1.165, 1.54) is 0 Å². The zero-order valence-corrected chi connectivity index (χ0v) is 9.51. The summed E-state index contributed by atoms with van der Waals surface area (Å²) in [6.07, 6.45) is 2.02. The van der Waals surface area contributed by atoms with Gasteiger partial charge in [-0.1, -0.05) is 36.7 Å². The summed E-state index contributed by atoms with van der Waals surface area (Å²) in [7, 11) is 0. The standard InChI is InChI=1S/C8H16BrCl/c1-5-8(4,10)6-7(2,3)9/h5-6H2,1-4H3. The van der Waals surface area contributed by atoms with E-state index in [1.807, 2.05) is 0 Å². The van der Waals surface area contributed by atoms with Crippen LogP contribution in [0.5, 0.6) is 0 Å². The summed E-state index contributed by atoms with van der Waals surface area (Å²) in [6.45, 7) is 8.48. The van der Waals surface area contributed by atoms with Gasteiger partial charge in [-0.05, 0) is 19.8 Å². The van der Waals surface area contributed by atoms with Crippen molar-refractivity contribution >= 4 is 27.5 Å². The van der Waals surface area contributed by atoms with Gasteiger partial charge in [-0.25, -0.2) is 0 Å².